The zero-order chi connectivity index (χ0) is 23.3. The highest BCUT2D eigenvalue weighted by Gasteiger charge is 2.36. The van der Waals surface area contributed by atoms with Gasteiger partial charge in [0.2, 0.25) is 11.7 Å². The maximum Gasteiger partial charge on any atom is 0.306 e. The number of hydrogen-bond donors (Lipinski definition) is 1. The van der Waals surface area contributed by atoms with Crippen LogP contribution in [-0.2, 0) is 4.79 Å². The van der Waals surface area contributed by atoms with Gasteiger partial charge in [-0.2, -0.15) is 4.98 Å². The second-order valence-electron chi connectivity index (χ2n) is 7.37. The molecule has 0 radical (unpaired) electrons. The van der Waals surface area contributed by atoms with Crippen LogP contribution in [0.5, 0.6) is 11.6 Å². The van der Waals surface area contributed by atoms with Crippen molar-refractivity contribution >= 4 is 29.2 Å². The van der Waals surface area contributed by atoms with Gasteiger partial charge in [-0.1, -0.05) is 16.8 Å². The summed E-state index contributed by atoms with van der Waals surface area (Å²) in [5, 5.41) is 13.3. The van der Waals surface area contributed by atoms with E-state index >= 15 is 0 Å². The number of pyridine rings is 1. The molecule has 3 aromatic rings. The lowest BCUT2D eigenvalue weighted by Crippen LogP contribution is -2.38. The fourth-order valence-electron chi connectivity index (χ4n) is 3.05. The van der Waals surface area contributed by atoms with Gasteiger partial charge in [0, 0.05) is 18.1 Å². The molecule has 1 fully saturated rings. The van der Waals surface area contributed by atoms with Crippen LogP contribution in [-0.4, -0.2) is 44.8 Å². The van der Waals surface area contributed by atoms with E-state index in [0.717, 1.165) is 5.56 Å². The summed E-state index contributed by atoms with van der Waals surface area (Å²) in [7, 11) is 0. The van der Waals surface area contributed by atoms with Crippen LogP contribution in [0.4, 0.5) is 0 Å². The van der Waals surface area contributed by atoms with Crippen LogP contribution in [0.2, 0.25) is 5.02 Å². The average molecular weight is 480 g/mol. The first-order valence-corrected chi connectivity index (χ1v) is 11.1. The van der Waals surface area contributed by atoms with Gasteiger partial charge < -0.3 is 19.1 Å². The van der Waals surface area contributed by atoms with Gasteiger partial charge in [-0.3, -0.25) is 4.79 Å². The molecule has 1 aliphatic carbocycles. The van der Waals surface area contributed by atoms with Gasteiger partial charge in [0.15, 0.2) is 0 Å². The van der Waals surface area contributed by atoms with Crippen molar-refractivity contribution in [3.05, 3.63) is 41.6 Å². The van der Waals surface area contributed by atoms with Crippen molar-refractivity contribution in [2.75, 3.05) is 6.38 Å². The molecule has 8 nitrogen and oxygen atoms in total. The van der Waals surface area contributed by atoms with Crippen molar-refractivity contribution in [2.24, 2.45) is 5.92 Å². The Kier molecular flexibility index (Phi) is 7.93. The van der Waals surface area contributed by atoms with Crippen molar-refractivity contribution in [2.45, 2.75) is 38.9 Å². The standard InChI is InChI=1S/C21H20ClN3O5.CH3Cl/c1-11(2)28-20-17(22)9-14(10-23-20)19-24-18(25-30-19)12-3-5-15(6-4-12)29-16-7-13(8-16)21(26)27;1-2/h3-6,9-11,13,16H,7-8H2,1-2H3,(H,26,27);1H3. The third-order valence-electron chi connectivity index (χ3n) is 4.69. The second-order valence-corrected chi connectivity index (χ2v) is 7.78. The summed E-state index contributed by atoms with van der Waals surface area (Å²) < 4.78 is 16.7. The third-order valence-corrected chi connectivity index (χ3v) is 4.96. The van der Waals surface area contributed by atoms with Crippen molar-refractivity contribution < 1.29 is 23.9 Å². The maximum absolute atomic E-state index is 10.9. The van der Waals surface area contributed by atoms with E-state index < -0.39 is 5.97 Å². The second kappa shape index (κ2) is 10.7. The molecule has 32 heavy (non-hydrogen) atoms. The highest BCUT2D eigenvalue weighted by molar-refractivity contribution is 6.32. The number of halogens is 2. The maximum atomic E-state index is 10.9. The topological polar surface area (TPSA) is 108 Å². The number of rotatable bonds is 7. The van der Waals surface area contributed by atoms with E-state index in [-0.39, 0.29) is 18.1 Å². The Hall–Kier alpha value is -2.84. The van der Waals surface area contributed by atoms with Gasteiger partial charge >= 0.3 is 5.97 Å². The number of aromatic nitrogens is 3. The third kappa shape index (κ3) is 5.69. The molecular formula is C22H23Cl2N3O5. The van der Waals surface area contributed by atoms with Crippen LogP contribution in [0, 0.1) is 5.92 Å². The highest BCUT2D eigenvalue weighted by Crippen LogP contribution is 2.33. The Labute approximate surface area is 195 Å². The lowest BCUT2D eigenvalue weighted by molar-refractivity contribution is -0.147. The Morgan fingerprint density at radius 2 is 1.88 bits per heavy atom. The molecule has 0 unspecified atom stereocenters. The van der Waals surface area contributed by atoms with E-state index in [1.54, 1.807) is 24.4 Å². The molecule has 0 atom stereocenters. The molecule has 4 rings (SSSR count). The monoisotopic (exact) mass is 479 g/mol. The molecule has 0 amide bonds. The number of benzene rings is 1. The van der Waals surface area contributed by atoms with Crippen LogP contribution in [0.15, 0.2) is 41.1 Å². The fourth-order valence-corrected chi connectivity index (χ4v) is 3.26. The molecule has 1 aromatic carbocycles. The van der Waals surface area contributed by atoms with E-state index in [2.05, 4.69) is 26.7 Å². The molecule has 0 spiro atoms. The van der Waals surface area contributed by atoms with Crippen LogP contribution in [0.1, 0.15) is 26.7 Å². The normalized spacial score (nSPS) is 17.2. The zero-order valence-corrected chi connectivity index (χ0v) is 19.3. The predicted molar refractivity (Wildman–Crippen MR) is 120 cm³/mol. The summed E-state index contributed by atoms with van der Waals surface area (Å²) in [6.07, 6.45) is 4.01. The summed E-state index contributed by atoms with van der Waals surface area (Å²) in [6, 6.07) is 8.92. The quantitative estimate of drug-likeness (QED) is 0.452. The smallest absolute Gasteiger partial charge is 0.306 e. The van der Waals surface area contributed by atoms with E-state index in [1.807, 2.05) is 26.0 Å². The molecule has 0 bridgehead atoms. The highest BCUT2D eigenvalue weighted by atomic mass is 35.5. The zero-order valence-electron chi connectivity index (χ0n) is 17.8. The number of carbonyl (C=O) groups is 1. The number of carboxylic acids is 1. The first kappa shape index (κ1) is 23.8. The molecule has 0 saturated heterocycles. The minimum absolute atomic E-state index is 0.0364. The van der Waals surface area contributed by atoms with E-state index in [4.69, 9.17) is 30.7 Å². The molecule has 0 aliphatic heterocycles. The predicted octanol–water partition coefficient (Wildman–Crippen LogP) is 5.34. The van der Waals surface area contributed by atoms with Crippen molar-refractivity contribution in [1.29, 1.82) is 0 Å². The van der Waals surface area contributed by atoms with Crippen LogP contribution in [0.3, 0.4) is 0 Å². The largest absolute Gasteiger partial charge is 0.490 e. The Bertz CT molecular complexity index is 1050. The molecule has 2 aromatic heterocycles. The number of aliphatic carboxylic acids is 1. The van der Waals surface area contributed by atoms with Gasteiger partial charge in [-0.05, 0) is 57.0 Å². The Balaban J connectivity index is 0.00000141. The van der Waals surface area contributed by atoms with Gasteiger partial charge in [-0.25, -0.2) is 4.98 Å². The van der Waals surface area contributed by atoms with Gasteiger partial charge in [0.1, 0.15) is 16.9 Å². The summed E-state index contributed by atoms with van der Waals surface area (Å²) in [4.78, 5) is 19.5. The van der Waals surface area contributed by atoms with Crippen LogP contribution >= 0.6 is 23.2 Å². The Morgan fingerprint density at radius 1 is 1.19 bits per heavy atom. The molecule has 2 heterocycles. The Morgan fingerprint density at radius 3 is 2.47 bits per heavy atom. The van der Waals surface area contributed by atoms with Crippen LogP contribution < -0.4 is 9.47 Å². The molecule has 1 aliphatic rings. The van der Waals surface area contributed by atoms with E-state index in [9.17, 15) is 4.79 Å². The molecular weight excluding hydrogens is 457 g/mol. The summed E-state index contributed by atoms with van der Waals surface area (Å²) in [5.74, 6) is 0.674. The number of alkyl halides is 1. The summed E-state index contributed by atoms with van der Waals surface area (Å²) in [6.45, 7) is 3.79. The number of carboxylic acid groups (broad SMARTS) is 1. The fraction of sp³-hybridized carbons (Fsp3) is 0.364. The van der Waals surface area contributed by atoms with E-state index in [0.29, 0.717) is 46.8 Å². The number of nitrogens with zero attached hydrogens (tertiary/aromatic N) is 3. The molecule has 10 heteroatoms. The first-order chi connectivity index (χ1) is 15.4. The van der Waals surface area contributed by atoms with Crippen molar-refractivity contribution in [3.8, 4) is 34.5 Å². The van der Waals surface area contributed by atoms with E-state index in [1.165, 1.54) is 6.38 Å². The molecule has 1 saturated carbocycles. The van der Waals surface area contributed by atoms with Crippen molar-refractivity contribution in [3.63, 3.8) is 0 Å². The summed E-state index contributed by atoms with van der Waals surface area (Å²) >= 11 is 10.9. The SMILES string of the molecule is CC(C)Oc1ncc(-c2nc(-c3ccc(OC4CC(C(=O)O)C4)cc3)no2)cc1Cl.CCl. The minimum Gasteiger partial charge on any atom is -0.490 e. The lowest BCUT2D eigenvalue weighted by Gasteiger charge is -2.32. The minimum atomic E-state index is -0.767. The van der Waals surface area contributed by atoms with Crippen LogP contribution in [0.25, 0.3) is 22.8 Å². The van der Waals surface area contributed by atoms with Crippen molar-refractivity contribution in [1.82, 2.24) is 15.1 Å². The lowest BCUT2D eigenvalue weighted by atomic mass is 9.82. The number of ether oxygens (including phenoxy) is 2. The van der Waals surface area contributed by atoms with Gasteiger partial charge in [0.25, 0.3) is 5.89 Å². The molecule has 170 valence electrons. The average Bonchev–Trinajstić information content (AvgIpc) is 3.23. The van der Waals surface area contributed by atoms with Gasteiger partial charge in [-0.15, -0.1) is 11.6 Å². The van der Waals surface area contributed by atoms with Gasteiger partial charge in [0.05, 0.1) is 17.6 Å². The number of hydrogen-bond acceptors (Lipinski definition) is 7. The summed E-state index contributed by atoms with van der Waals surface area (Å²) in [5.41, 5.74) is 1.35. The first-order valence-electron chi connectivity index (χ1n) is 9.93. The molecule has 1 N–H and O–H groups in total.